The maximum absolute atomic E-state index is 12.4. The molecule has 1 unspecified atom stereocenters. The Morgan fingerprint density at radius 2 is 1.96 bits per heavy atom. The van der Waals surface area contributed by atoms with E-state index in [2.05, 4.69) is 0 Å². The van der Waals surface area contributed by atoms with Crippen LogP contribution in [0.3, 0.4) is 0 Å². The fourth-order valence-electron chi connectivity index (χ4n) is 2.47. The third-order valence-electron chi connectivity index (χ3n) is 3.62. The largest absolute Gasteiger partial charge is 0.476 e. The Bertz CT molecular complexity index is 651. The first kappa shape index (κ1) is 18.8. The molecule has 1 aliphatic heterocycles. The van der Waals surface area contributed by atoms with Crippen molar-refractivity contribution in [2.24, 2.45) is 5.73 Å². The van der Waals surface area contributed by atoms with Crippen LogP contribution in [-0.2, 0) is 20.7 Å². The lowest BCUT2D eigenvalue weighted by Crippen LogP contribution is -2.50. The minimum absolute atomic E-state index is 0.283. The van der Waals surface area contributed by atoms with Gasteiger partial charge in [0.25, 0.3) is 0 Å². The second kappa shape index (κ2) is 7.57. The number of carbonyl (C=O) groups excluding carboxylic acids is 1. The Labute approximate surface area is 147 Å². The highest BCUT2D eigenvalue weighted by molar-refractivity contribution is 5.91. The minimum atomic E-state index is -1.27. The monoisotopic (exact) mass is 348 g/mol. The van der Waals surface area contributed by atoms with E-state index < -0.39 is 29.9 Å². The van der Waals surface area contributed by atoms with Gasteiger partial charge >= 0.3 is 12.1 Å². The van der Waals surface area contributed by atoms with Gasteiger partial charge in [-0.1, -0.05) is 30.3 Å². The number of benzene rings is 1. The van der Waals surface area contributed by atoms with E-state index in [0.717, 1.165) is 16.7 Å². The molecular weight excluding hydrogens is 324 g/mol. The summed E-state index contributed by atoms with van der Waals surface area (Å²) in [6.07, 6.45) is 0.545. The van der Waals surface area contributed by atoms with E-state index in [4.69, 9.17) is 15.2 Å². The van der Waals surface area contributed by atoms with Gasteiger partial charge in [-0.15, -0.1) is 0 Å². The zero-order valence-electron chi connectivity index (χ0n) is 14.6. The zero-order valence-corrected chi connectivity index (χ0v) is 14.6. The van der Waals surface area contributed by atoms with Crippen molar-refractivity contribution in [3.05, 3.63) is 47.9 Å². The maximum Gasteiger partial charge on any atom is 0.418 e. The maximum atomic E-state index is 12.4. The van der Waals surface area contributed by atoms with Crippen molar-refractivity contribution in [1.82, 2.24) is 4.90 Å². The summed E-state index contributed by atoms with van der Waals surface area (Å²) in [5.74, 6) is -1.27. The van der Waals surface area contributed by atoms with E-state index in [-0.39, 0.29) is 5.70 Å². The number of rotatable bonds is 5. The Balaban J connectivity index is 2.09. The SMILES string of the molecule is CC(C)(C)OC(=O)N1C(C(=O)O)=COC1[C@H](N)CCc1ccccc1. The minimum Gasteiger partial charge on any atom is -0.476 e. The first-order chi connectivity index (χ1) is 11.7. The van der Waals surface area contributed by atoms with E-state index in [1.165, 1.54) is 0 Å². The van der Waals surface area contributed by atoms with Crippen LogP contribution >= 0.6 is 0 Å². The smallest absolute Gasteiger partial charge is 0.418 e. The van der Waals surface area contributed by atoms with E-state index in [1.807, 2.05) is 30.3 Å². The molecule has 0 saturated heterocycles. The Hall–Kier alpha value is -2.54. The van der Waals surface area contributed by atoms with E-state index >= 15 is 0 Å². The first-order valence-electron chi connectivity index (χ1n) is 8.09. The highest BCUT2D eigenvalue weighted by atomic mass is 16.6. The highest BCUT2D eigenvalue weighted by Gasteiger charge is 2.42. The number of aryl methyl sites for hydroxylation is 1. The van der Waals surface area contributed by atoms with Crippen LogP contribution in [0.2, 0.25) is 0 Å². The summed E-state index contributed by atoms with van der Waals surface area (Å²) in [7, 11) is 0. The third-order valence-corrected chi connectivity index (χ3v) is 3.62. The van der Waals surface area contributed by atoms with Crippen LogP contribution in [0, 0.1) is 0 Å². The zero-order chi connectivity index (χ0) is 18.6. The number of hydrogen-bond acceptors (Lipinski definition) is 5. The van der Waals surface area contributed by atoms with Crippen LogP contribution in [0.25, 0.3) is 0 Å². The first-order valence-corrected chi connectivity index (χ1v) is 8.09. The molecule has 1 aromatic rings. The normalized spacial score (nSPS) is 18.3. The lowest BCUT2D eigenvalue weighted by molar-refractivity contribution is -0.134. The van der Waals surface area contributed by atoms with Gasteiger partial charge in [-0.3, -0.25) is 0 Å². The number of nitrogens with two attached hydrogens (primary N) is 1. The molecule has 3 N–H and O–H groups in total. The number of hydrogen-bond donors (Lipinski definition) is 2. The molecule has 0 fully saturated rings. The van der Waals surface area contributed by atoms with Crippen LogP contribution in [0.15, 0.2) is 42.3 Å². The van der Waals surface area contributed by atoms with Gasteiger partial charge in [-0.05, 0) is 39.2 Å². The molecule has 25 heavy (non-hydrogen) atoms. The second-order valence-corrected chi connectivity index (χ2v) is 6.87. The van der Waals surface area contributed by atoms with Gasteiger partial charge in [0.15, 0.2) is 11.9 Å². The molecule has 2 rings (SSSR count). The molecule has 7 heteroatoms. The lowest BCUT2D eigenvalue weighted by atomic mass is 10.0. The molecule has 136 valence electrons. The summed E-state index contributed by atoms with van der Waals surface area (Å²) < 4.78 is 10.7. The quantitative estimate of drug-likeness (QED) is 0.847. The van der Waals surface area contributed by atoms with Crippen molar-refractivity contribution in [3.8, 4) is 0 Å². The van der Waals surface area contributed by atoms with Crippen LogP contribution in [0.4, 0.5) is 4.79 Å². The van der Waals surface area contributed by atoms with Crippen LogP contribution in [-0.4, -0.2) is 39.9 Å². The predicted molar refractivity (Wildman–Crippen MR) is 91.4 cm³/mol. The summed E-state index contributed by atoms with van der Waals surface area (Å²) >= 11 is 0. The Morgan fingerprint density at radius 3 is 2.52 bits per heavy atom. The number of carboxylic acid groups (broad SMARTS) is 1. The predicted octanol–water partition coefficient (Wildman–Crippen LogP) is 2.47. The van der Waals surface area contributed by atoms with Gasteiger partial charge < -0.3 is 20.3 Å². The van der Waals surface area contributed by atoms with Crippen LogP contribution < -0.4 is 5.73 Å². The average Bonchev–Trinajstić information content (AvgIpc) is 2.97. The Kier molecular flexibility index (Phi) is 5.69. The highest BCUT2D eigenvalue weighted by Crippen LogP contribution is 2.26. The number of ether oxygens (including phenoxy) is 2. The number of nitrogens with zero attached hydrogens (tertiary/aromatic N) is 1. The van der Waals surface area contributed by atoms with Crippen molar-refractivity contribution in [2.45, 2.75) is 51.5 Å². The molecule has 0 radical (unpaired) electrons. The molecule has 0 saturated carbocycles. The molecular formula is C18H24N2O5. The summed E-state index contributed by atoms with van der Waals surface area (Å²) in [5, 5.41) is 9.30. The van der Waals surface area contributed by atoms with Gasteiger partial charge in [0.05, 0.1) is 6.04 Å². The van der Waals surface area contributed by atoms with Crippen molar-refractivity contribution >= 4 is 12.1 Å². The molecule has 0 aromatic heterocycles. The van der Waals surface area contributed by atoms with Crippen LogP contribution in [0.1, 0.15) is 32.8 Å². The van der Waals surface area contributed by atoms with Gasteiger partial charge in [0.1, 0.15) is 11.9 Å². The van der Waals surface area contributed by atoms with Gasteiger partial charge in [0, 0.05) is 0 Å². The van der Waals surface area contributed by atoms with E-state index in [0.29, 0.717) is 12.8 Å². The van der Waals surface area contributed by atoms with Gasteiger partial charge in [-0.25, -0.2) is 14.5 Å². The summed E-state index contributed by atoms with van der Waals surface area (Å²) in [4.78, 5) is 24.8. The number of aliphatic carboxylic acids is 1. The number of amides is 1. The lowest BCUT2D eigenvalue weighted by Gasteiger charge is -2.31. The van der Waals surface area contributed by atoms with Crippen molar-refractivity contribution < 1.29 is 24.2 Å². The summed E-state index contributed by atoms with van der Waals surface area (Å²) in [6, 6.07) is 9.19. The van der Waals surface area contributed by atoms with E-state index in [9.17, 15) is 14.7 Å². The molecule has 7 nitrogen and oxygen atoms in total. The molecule has 1 heterocycles. The van der Waals surface area contributed by atoms with Crippen molar-refractivity contribution in [1.29, 1.82) is 0 Å². The molecule has 2 atom stereocenters. The molecule has 1 aromatic carbocycles. The van der Waals surface area contributed by atoms with E-state index in [1.54, 1.807) is 20.8 Å². The van der Waals surface area contributed by atoms with Crippen molar-refractivity contribution in [3.63, 3.8) is 0 Å². The molecule has 0 spiro atoms. The standard InChI is InChI=1S/C18H24N2O5/c1-18(2,3)25-17(23)20-14(16(21)22)11-24-15(20)13(19)10-9-12-7-5-4-6-8-12/h4-8,11,13,15H,9-10,19H2,1-3H3,(H,21,22)/t13-,15?/m1/s1. The van der Waals surface area contributed by atoms with Gasteiger partial charge in [-0.2, -0.15) is 0 Å². The molecule has 0 bridgehead atoms. The molecule has 1 amide bonds. The fraction of sp³-hybridized carbons (Fsp3) is 0.444. The number of carboxylic acids is 1. The summed E-state index contributed by atoms with van der Waals surface area (Å²) in [5.41, 5.74) is 6.24. The van der Waals surface area contributed by atoms with Gasteiger partial charge in [0.2, 0.25) is 0 Å². The molecule has 1 aliphatic rings. The third kappa shape index (κ3) is 4.96. The second-order valence-electron chi connectivity index (χ2n) is 6.87. The average molecular weight is 348 g/mol. The molecule has 0 aliphatic carbocycles. The summed E-state index contributed by atoms with van der Waals surface area (Å²) in [6.45, 7) is 5.11. The topological polar surface area (TPSA) is 102 Å². The Morgan fingerprint density at radius 1 is 1.32 bits per heavy atom. The van der Waals surface area contributed by atoms with Crippen molar-refractivity contribution in [2.75, 3.05) is 0 Å². The van der Waals surface area contributed by atoms with Crippen LogP contribution in [0.5, 0.6) is 0 Å². The number of carbonyl (C=O) groups is 2. The fourth-order valence-corrected chi connectivity index (χ4v) is 2.47.